The maximum atomic E-state index is 12.4. The van der Waals surface area contributed by atoms with Gasteiger partial charge in [0, 0.05) is 0 Å². The van der Waals surface area contributed by atoms with Crippen LogP contribution in [0.25, 0.3) is 0 Å². The van der Waals surface area contributed by atoms with Gasteiger partial charge in [0.05, 0.1) is 29.5 Å². The van der Waals surface area contributed by atoms with E-state index in [4.69, 9.17) is 10.1 Å². The van der Waals surface area contributed by atoms with Crippen LogP contribution in [0.4, 0.5) is 0 Å². The van der Waals surface area contributed by atoms with Crippen LogP contribution in [0.2, 0.25) is 0 Å². The van der Waals surface area contributed by atoms with Crippen LogP contribution >= 0.6 is 0 Å². The van der Waals surface area contributed by atoms with E-state index in [2.05, 4.69) is 0 Å². The first-order valence-electron chi connectivity index (χ1n) is 7.25. The standard InChI is InChI=1S/C18H12N2O4/c19-11-10-13(12-6-2-1-3-7-12)18(23)24-20-16(21)14-8-4-5-9-15(14)17(20)22/h1-9,13H,10H2. The number of hydrogen-bond acceptors (Lipinski definition) is 5. The number of rotatable bonds is 4. The largest absolute Gasteiger partial charge is 0.341 e. The fourth-order valence-corrected chi connectivity index (χ4v) is 2.52. The lowest BCUT2D eigenvalue weighted by atomic mass is 9.97. The SMILES string of the molecule is N#CCC(C(=O)ON1C(=O)c2ccccc2C1=O)c1ccccc1. The number of imide groups is 1. The number of nitriles is 1. The molecule has 0 aromatic heterocycles. The Morgan fingerprint density at radius 3 is 2.08 bits per heavy atom. The molecule has 2 aromatic rings. The van der Waals surface area contributed by atoms with Crippen LogP contribution in [0, 0.1) is 11.3 Å². The van der Waals surface area contributed by atoms with Crippen LogP contribution in [0.5, 0.6) is 0 Å². The molecule has 0 N–H and O–H groups in total. The van der Waals surface area contributed by atoms with Crippen molar-refractivity contribution >= 4 is 17.8 Å². The van der Waals surface area contributed by atoms with E-state index >= 15 is 0 Å². The zero-order valence-corrected chi connectivity index (χ0v) is 12.5. The first-order chi connectivity index (χ1) is 11.6. The average molecular weight is 320 g/mol. The van der Waals surface area contributed by atoms with Crippen LogP contribution in [0.15, 0.2) is 54.6 Å². The zero-order chi connectivity index (χ0) is 17.1. The highest BCUT2D eigenvalue weighted by atomic mass is 16.7. The summed E-state index contributed by atoms with van der Waals surface area (Å²) >= 11 is 0. The zero-order valence-electron chi connectivity index (χ0n) is 12.5. The smallest absolute Gasteiger partial charge is 0.329 e. The third-order valence-corrected chi connectivity index (χ3v) is 3.72. The Hall–Kier alpha value is -3.46. The molecule has 6 nitrogen and oxygen atoms in total. The second-order valence-electron chi connectivity index (χ2n) is 5.19. The second-order valence-corrected chi connectivity index (χ2v) is 5.19. The summed E-state index contributed by atoms with van der Waals surface area (Å²) in [7, 11) is 0. The van der Waals surface area contributed by atoms with Gasteiger partial charge in [-0.3, -0.25) is 9.59 Å². The number of carbonyl (C=O) groups is 3. The predicted molar refractivity (Wildman–Crippen MR) is 82.4 cm³/mol. The minimum Gasteiger partial charge on any atom is -0.329 e. The van der Waals surface area contributed by atoms with Crippen molar-refractivity contribution in [2.45, 2.75) is 12.3 Å². The Balaban J connectivity index is 1.83. The monoisotopic (exact) mass is 320 g/mol. The van der Waals surface area contributed by atoms with E-state index in [1.807, 2.05) is 6.07 Å². The van der Waals surface area contributed by atoms with Gasteiger partial charge in [0.2, 0.25) is 0 Å². The van der Waals surface area contributed by atoms with Gasteiger partial charge in [0.25, 0.3) is 11.8 Å². The molecule has 1 aliphatic heterocycles. The molecule has 0 fully saturated rings. The molecule has 3 rings (SSSR count). The molecule has 6 heteroatoms. The van der Waals surface area contributed by atoms with Gasteiger partial charge in [0.1, 0.15) is 0 Å². The minimum atomic E-state index is -0.875. The predicted octanol–water partition coefficient (Wildman–Crippen LogP) is 2.44. The Morgan fingerprint density at radius 1 is 1.00 bits per heavy atom. The van der Waals surface area contributed by atoms with E-state index in [-0.39, 0.29) is 17.5 Å². The van der Waals surface area contributed by atoms with Gasteiger partial charge < -0.3 is 4.84 Å². The fraction of sp³-hybridized carbons (Fsp3) is 0.111. The van der Waals surface area contributed by atoms with Gasteiger partial charge in [-0.25, -0.2) is 4.79 Å². The van der Waals surface area contributed by atoms with Crippen LogP contribution < -0.4 is 0 Å². The Kier molecular flexibility index (Phi) is 4.08. The average Bonchev–Trinajstić information content (AvgIpc) is 2.85. The highest BCUT2D eigenvalue weighted by molar-refractivity contribution is 6.20. The van der Waals surface area contributed by atoms with Crippen molar-refractivity contribution < 1.29 is 19.2 Å². The molecule has 1 aliphatic rings. The van der Waals surface area contributed by atoms with Crippen molar-refractivity contribution in [1.82, 2.24) is 5.06 Å². The highest BCUT2D eigenvalue weighted by Gasteiger charge is 2.39. The van der Waals surface area contributed by atoms with Crippen LogP contribution in [-0.4, -0.2) is 22.8 Å². The number of hydrogen-bond donors (Lipinski definition) is 0. The lowest BCUT2D eigenvalue weighted by molar-refractivity contribution is -0.170. The number of amides is 2. The van der Waals surface area contributed by atoms with Crippen LogP contribution in [-0.2, 0) is 9.63 Å². The van der Waals surface area contributed by atoms with E-state index in [1.165, 1.54) is 12.1 Å². The van der Waals surface area contributed by atoms with Gasteiger partial charge >= 0.3 is 5.97 Å². The molecule has 1 heterocycles. The first kappa shape index (κ1) is 15.4. The molecule has 0 saturated carbocycles. The lowest BCUT2D eigenvalue weighted by Crippen LogP contribution is -2.34. The summed E-state index contributed by atoms with van der Waals surface area (Å²) in [6, 6.07) is 16.8. The van der Waals surface area contributed by atoms with Gasteiger partial charge in [-0.15, -0.1) is 0 Å². The van der Waals surface area contributed by atoms with Crippen LogP contribution in [0.3, 0.4) is 0 Å². The topological polar surface area (TPSA) is 87.5 Å². The van der Waals surface area contributed by atoms with Gasteiger partial charge in [-0.05, 0) is 17.7 Å². The molecule has 0 radical (unpaired) electrons. The fourth-order valence-electron chi connectivity index (χ4n) is 2.52. The molecule has 0 spiro atoms. The van der Waals surface area contributed by atoms with Crippen molar-refractivity contribution in [2.24, 2.45) is 0 Å². The number of nitrogens with zero attached hydrogens (tertiary/aromatic N) is 2. The summed E-state index contributed by atoms with van der Waals surface area (Å²) in [6.07, 6.45) is -0.119. The third kappa shape index (κ3) is 2.63. The van der Waals surface area contributed by atoms with E-state index in [0.717, 1.165) is 0 Å². The Morgan fingerprint density at radius 2 is 1.54 bits per heavy atom. The van der Waals surface area contributed by atoms with Crippen molar-refractivity contribution in [2.75, 3.05) is 0 Å². The maximum Gasteiger partial charge on any atom is 0.341 e. The molecule has 118 valence electrons. The number of hydroxylamine groups is 2. The summed E-state index contributed by atoms with van der Waals surface area (Å²) < 4.78 is 0. The van der Waals surface area contributed by atoms with E-state index in [1.54, 1.807) is 42.5 Å². The molecule has 2 aromatic carbocycles. The summed E-state index contributed by atoms with van der Waals surface area (Å²) in [5.41, 5.74) is 0.958. The Bertz CT molecular complexity index is 820. The van der Waals surface area contributed by atoms with E-state index in [0.29, 0.717) is 10.6 Å². The summed E-state index contributed by atoms with van der Waals surface area (Å²) in [5, 5.41) is 9.41. The quantitative estimate of drug-likeness (QED) is 0.807. The minimum absolute atomic E-state index is 0.119. The summed E-state index contributed by atoms with van der Waals surface area (Å²) in [5.74, 6) is -3.07. The van der Waals surface area contributed by atoms with Crippen LogP contribution in [0.1, 0.15) is 38.6 Å². The second kappa shape index (κ2) is 6.34. The Labute approximate surface area is 137 Å². The third-order valence-electron chi connectivity index (χ3n) is 3.72. The first-order valence-corrected chi connectivity index (χ1v) is 7.25. The molecule has 0 aliphatic carbocycles. The van der Waals surface area contributed by atoms with Gasteiger partial charge in [-0.2, -0.15) is 5.26 Å². The van der Waals surface area contributed by atoms with Gasteiger partial charge in [-0.1, -0.05) is 47.5 Å². The van der Waals surface area contributed by atoms with E-state index < -0.39 is 23.7 Å². The molecule has 1 atom stereocenters. The van der Waals surface area contributed by atoms with E-state index in [9.17, 15) is 14.4 Å². The molecular formula is C18H12N2O4. The number of fused-ring (bicyclic) bond motifs is 1. The molecule has 2 amide bonds. The normalized spacial score (nSPS) is 14.0. The van der Waals surface area contributed by atoms with Gasteiger partial charge in [0.15, 0.2) is 0 Å². The molecule has 1 unspecified atom stereocenters. The van der Waals surface area contributed by atoms with Crippen molar-refractivity contribution in [3.05, 3.63) is 71.3 Å². The lowest BCUT2D eigenvalue weighted by Gasteiger charge is -2.17. The summed E-state index contributed by atoms with van der Waals surface area (Å²) in [6.45, 7) is 0. The molecular weight excluding hydrogens is 308 g/mol. The highest BCUT2D eigenvalue weighted by Crippen LogP contribution is 2.26. The maximum absolute atomic E-state index is 12.4. The van der Waals surface area contributed by atoms with Crippen molar-refractivity contribution in [1.29, 1.82) is 5.26 Å². The molecule has 0 saturated heterocycles. The number of benzene rings is 2. The summed E-state index contributed by atoms with van der Waals surface area (Å²) in [4.78, 5) is 41.9. The molecule has 24 heavy (non-hydrogen) atoms. The van der Waals surface area contributed by atoms with Crippen molar-refractivity contribution in [3.63, 3.8) is 0 Å². The number of carbonyl (C=O) groups excluding carboxylic acids is 3. The molecule has 0 bridgehead atoms. The van der Waals surface area contributed by atoms with Crippen molar-refractivity contribution in [3.8, 4) is 6.07 Å².